The van der Waals surface area contributed by atoms with E-state index in [1.165, 1.54) is 11.3 Å². The summed E-state index contributed by atoms with van der Waals surface area (Å²) in [6.07, 6.45) is 5.99. The van der Waals surface area contributed by atoms with Gasteiger partial charge in [0, 0.05) is 30.5 Å². The molecule has 146 valence electrons. The van der Waals surface area contributed by atoms with Gasteiger partial charge < -0.3 is 0 Å². The third-order valence-electron chi connectivity index (χ3n) is 4.81. The highest BCUT2D eigenvalue weighted by Gasteiger charge is 2.27. The summed E-state index contributed by atoms with van der Waals surface area (Å²) in [6, 6.07) is 6.89. The molecule has 27 heavy (non-hydrogen) atoms. The number of ketones is 1. The molecule has 1 aliphatic rings. The van der Waals surface area contributed by atoms with E-state index < -0.39 is 10.0 Å². The number of benzene rings is 1. The quantitative estimate of drug-likeness (QED) is 0.583. The van der Waals surface area contributed by atoms with Crippen molar-refractivity contribution in [3.8, 4) is 11.3 Å². The maximum absolute atomic E-state index is 12.6. The van der Waals surface area contributed by atoms with Gasteiger partial charge in [-0.05, 0) is 31.4 Å². The molecule has 0 saturated carbocycles. The van der Waals surface area contributed by atoms with Gasteiger partial charge >= 0.3 is 0 Å². The molecule has 1 aromatic carbocycles. The van der Waals surface area contributed by atoms with Gasteiger partial charge in [0.1, 0.15) is 10.8 Å². The molecule has 0 N–H and O–H groups in total. The first kappa shape index (κ1) is 20.2. The lowest BCUT2D eigenvalue weighted by Crippen LogP contribution is -2.27. The predicted molar refractivity (Wildman–Crippen MR) is 108 cm³/mol. The number of carbonyl (C=O) groups is 1. The average molecular weight is 407 g/mol. The van der Waals surface area contributed by atoms with E-state index in [1.54, 1.807) is 28.6 Å². The Hall–Kier alpha value is -1.57. The Labute approximate surface area is 165 Å². The van der Waals surface area contributed by atoms with Gasteiger partial charge in [0.2, 0.25) is 10.0 Å². The standard InChI is InChI=1S/C20H26N2O3S2/c1-2-3-4-7-17(23)14-20-21-19(15-26-20)16-8-10-18(11-9-16)27(24,25)22-12-5-6-13-22/h8-11,15H,2-7,12-14H2,1H3. The fourth-order valence-electron chi connectivity index (χ4n) is 3.23. The molecule has 0 amide bonds. The monoisotopic (exact) mass is 406 g/mol. The van der Waals surface area contributed by atoms with E-state index in [-0.39, 0.29) is 5.78 Å². The van der Waals surface area contributed by atoms with Crippen molar-refractivity contribution in [3.05, 3.63) is 34.7 Å². The van der Waals surface area contributed by atoms with Gasteiger partial charge in [-0.15, -0.1) is 11.3 Å². The van der Waals surface area contributed by atoms with Crippen LogP contribution in [0.5, 0.6) is 0 Å². The van der Waals surface area contributed by atoms with Gasteiger partial charge in [-0.25, -0.2) is 13.4 Å². The summed E-state index contributed by atoms with van der Waals surface area (Å²) in [6.45, 7) is 3.33. The van der Waals surface area contributed by atoms with Gasteiger partial charge in [0.05, 0.1) is 17.0 Å². The molecule has 0 aliphatic carbocycles. The third kappa shape index (κ3) is 5.03. The molecule has 0 atom stereocenters. The summed E-state index contributed by atoms with van der Waals surface area (Å²) in [5, 5.41) is 2.75. The molecule has 0 unspecified atom stereocenters. The molecule has 0 spiro atoms. The first-order chi connectivity index (χ1) is 13.0. The smallest absolute Gasteiger partial charge is 0.243 e. The number of aromatic nitrogens is 1. The highest BCUT2D eigenvalue weighted by molar-refractivity contribution is 7.89. The molecule has 5 nitrogen and oxygen atoms in total. The van der Waals surface area contributed by atoms with E-state index in [1.807, 2.05) is 5.38 Å². The van der Waals surface area contributed by atoms with E-state index in [4.69, 9.17) is 0 Å². The van der Waals surface area contributed by atoms with Crippen molar-refractivity contribution < 1.29 is 13.2 Å². The van der Waals surface area contributed by atoms with Crippen molar-refractivity contribution in [1.29, 1.82) is 0 Å². The first-order valence-corrected chi connectivity index (χ1v) is 11.9. The Morgan fingerprint density at radius 1 is 1.15 bits per heavy atom. The number of hydrogen-bond acceptors (Lipinski definition) is 5. The number of unbranched alkanes of at least 4 members (excludes halogenated alkanes) is 2. The van der Waals surface area contributed by atoms with Crippen LogP contribution in [0, 0.1) is 0 Å². The lowest BCUT2D eigenvalue weighted by Gasteiger charge is -2.15. The molecule has 1 aromatic heterocycles. The topological polar surface area (TPSA) is 67.3 Å². The largest absolute Gasteiger partial charge is 0.299 e. The molecular formula is C20H26N2O3S2. The van der Waals surface area contributed by atoms with Crippen LogP contribution < -0.4 is 0 Å². The minimum atomic E-state index is -3.39. The SMILES string of the molecule is CCCCCC(=O)Cc1nc(-c2ccc(S(=O)(=O)N3CCCC3)cc2)cs1. The number of carbonyl (C=O) groups excluding carboxylic acids is 1. The van der Waals surface area contributed by atoms with Crippen LogP contribution in [0.25, 0.3) is 11.3 Å². The van der Waals surface area contributed by atoms with Crippen LogP contribution in [-0.4, -0.2) is 36.6 Å². The lowest BCUT2D eigenvalue weighted by molar-refractivity contribution is -0.118. The number of Topliss-reactive ketones (excluding diaryl/α,β-unsaturated/α-hetero) is 1. The van der Waals surface area contributed by atoms with Crippen LogP contribution in [-0.2, 0) is 21.2 Å². The van der Waals surface area contributed by atoms with Gasteiger partial charge in [-0.1, -0.05) is 31.9 Å². The zero-order valence-corrected chi connectivity index (χ0v) is 17.3. The number of sulfonamides is 1. The minimum absolute atomic E-state index is 0.233. The Kier molecular flexibility index (Phi) is 6.78. The highest BCUT2D eigenvalue weighted by Crippen LogP contribution is 2.26. The van der Waals surface area contributed by atoms with Crippen LogP contribution in [0.15, 0.2) is 34.5 Å². The second-order valence-corrected chi connectivity index (χ2v) is 9.82. The van der Waals surface area contributed by atoms with Crippen molar-refractivity contribution >= 4 is 27.1 Å². The average Bonchev–Trinajstić information content (AvgIpc) is 3.34. The predicted octanol–water partition coefficient (Wildman–Crippen LogP) is 4.29. The summed E-state index contributed by atoms with van der Waals surface area (Å²) in [4.78, 5) is 16.9. The van der Waals surface area contributed by atoms with Crippen LogP contribution in [0.1, 0.15) is 50.5 Å². The molecule has 0 radical (unpaired) electrons. The Bertz CT molecular complexity index is 867. The summed E-state index contributed by atoms with van der Waals surface area (Å²) in [5.74, 6) is 0.233. The number of nitrogens with zero attached hydrogens (tertiary/aromatic N) is 2. The second kappa shape index (κ2) is 9.08. The van der Waals surface area contributed by atoms with E-state index >= 15 is 0 Å². The van der Waals surface area contributed by atoms with E-state index in [0.717, 1.165) is 48.4 Å². The maximum atomic E-state index is 12.6. The maximum Gasteiger partial charge on any atom is 0.243 e. The molecule has 1 aliphatic heterocycles. The summed E-state index contributed by atoms with van der Waals surface area (Å²) in [5.41, 5.74) is 1.66. The van der Waals surface area contributed by atoms with Crippen molar-refractivity contribution in [2.75, 3.05) is 13.1 Å². The molecule has 2 heterocycles. The third-order valence-corrected chi connectivity index (χ3v) is 7.57. The van der Waals surface area contributed by atoms with Crippen molar-refractivity contribution in [1.82, 2.24) is 9.29 Å². The lowest BCUT2D eigenvalue weighted by atomic mass is 10.1. The van der Waals surface area contributed by atoms with Crippen LogP contribution in [0.2, 0.25) is 0 Å². The van der Waals surface area contributed by atoms with Crippen LogP contribution >= 0.6 is 11.3 Å². The Morgan fingerprint density at radius 2 is 1.85 bits per heavy atom. The van der Waals surface area contributed by atoms with Crippen molar-refractivity contribution in [2.24, 2.45) is 0 Å². The Balaban J connectivity index is 1.65. The van der Waals surface area contributed by atoms with E-state index in [9.17, 15) is 13.2 Å². The zero-order valence-electron chi connectivity index (χ0n) is 15.7. The normalized spacial score (nSPS) is 15.3. The molecule has 3 rings (SSSR count). The first-order valence-electron chi connectivity index (χ1n) is 9.57. The van der Waals surface area contributed by atoms with Gasteiger partial charge in [-0.3, -0.25) is 4.79 Å². The molecule has 1 saturated heterocycles. The van der Waals surface area contributed by atoms with Crippen molar-refractivity contribution in [3.63, 3.8) is 0 Å². The van der Waals surface area contributed by atoms with Gasteiger partial charge in [0.25, 0.3) is 0 Å². The van der Waals surface area contributed by atoms with Crippen LogP contribution in [0.4, 0.5) is 0 Å². The van der Waals surface area contributed by atoms with Crippen molar-refractivity contribution in [2.45, 2.75) is 56.8 Å². The number of hydrogen-bond donors (Lipinski definition) is 0. The van der Waals surface area contributed by atoms with E-state index in [2.05, 4.69) is 11.9 Å². The fourth-order valence-corrected chi connectivity index (χ4v) is 5.58. The fraction of sp³-hybridized carbons (Fsp3) is 0.500. The number of thiazole rings is 1. The molecule has 1 fully saturated rings. The number of rotatable bonds is 9. The van der Waals surface area contributed by atoms with E-state index in [0.29, 0.717) is 30.8 Å². The van der Waals surface area contributed by atoms with Crippen LogP contribution in [0.3, 0.4) is 0 Å². The Morgan fingerprint density at radius 3 is 2.52 bits per heavy atom. The molecule has 7 heteroatoms. The summed E-state index contributed by atoms with van der Waals surface area (Å²) < 4.78 is 26.7. The highest BCUT2D eigenvalue weighted by atomic mass is 32.2. The summed E-state index contributed by atoms with van der Waals surface area (Å²) in [7, 11) is -3.39. The summed E-state index contributed by atoms with van der Waals surface area (Å²) >= 11 is 1.48. The second-order valence-electron chi connectivity index (χ2n) is 6.93. The minimum Gasteiger partial charge on any atom is -0.299 e. The molecular weight excluding hydrogens is 380 g/mol. The molecule has 0 bridgehead atoms. The zero-order chi connectivity index (χ0) is 19.3. The van der Waals surface area contributed by atoms with Gasteiger partial charge in [-0.2, -0.15) is 4.31 Å². The molecule has 2 aromatic rings. The van der Waals surface area contributed by atoms with Gasteiger partial charge in [0.15, 0.2) is 0 Å².